The largest absolute Gasteiger partial charge is 0.383 e. The molecule has 0 saturated carbocycles. The number of nitrogens with zero attached hydrogens (tertiary/aromatic N) is 3. The molecule has 0 spiro atoms. The summed E-state index contributed by atoms with van der Waals surface area (Å²) in [4.78, 5) is 18.8. The van der Waals surface area contributed by atoms with Gasteiger partial charge >= 0.3 is 5.69 Å². The van der Waals surface area contributed by atoms with E-state index in [0.717, 1.165) is 0 Å². The summed E-state index contributed by atoms with van der Waals surface area (Å²) in [5.41, 5.74) is 0.110. The molecule has 1 heterocycles. The van der Waals surface area contributed by atoms with E-state index in [-0.39, 0.29) is 28.4 Å². The lowest BCUT2D eigenvalue weighted by atomic mass is 10.3. The van der Waals surface area contributed by atoms with Crippen molar-refractivity contribution in [3.8, 4) is 0 Å². The molecule has 0 aliphatic rings. The highest BCUT2D eigenvalue weighted by atomic mass is 35.5. The molecule has 0 amide bonds. The molecule has 24 heavy (non-hydrogen) atoms. The van der Waals surface area contributed by atoms with Crippen LogP contribution in [0.2, 0.25) is 10.0 Å². The van der Waals surface area contributed by atoms with Gasteiger partial charge in [0.15, 0.2) is 0 Å². The van der Waals surface area contributed by atoms with Gasteiger partial charge in [-0.05, 0) is 19.1 Å². The lowest BCUT2D eigenvalue weighted by Gasteiger charge is -2.15. The van der Waals surface area contributed by atoms with Crippen LogP contribution in [0, 0.1) is 10.1 Å². The minimum atomic E-state index is -0.567. The highest BCUT2D eigenvalue weighted by molar-refractivity contribution is 6.43. The van der Waals surface area contributed by atoms with Gasteiger partial charge in [-0.1, -0.05) is 29.3 Å². The summed E-state index contributed by atoms with van der Waals surface area (Å²) in [5, 5.41) is 17.8. The van der Waals surface area contributed by atoms with Crippen LogP contribution >= 0.6 is 23.2 Å². The van der Waals surface area contributed by atoms with Gasteiger partial charge in [-0.15, -0.1) is 0 Å². The average molecular weight is 372 g/mol. The summed E-state index contributed by atoms with van der Waals surface area (Å²) in [6.45, 7) is 2.18. The monoisotopic (exact) mass is 371 g/mol. The molecule has 0 aliphatic carbocycles. The highest BCUT2D eigenvalue weighted by Gasteiger charge is 2.24. The summed E-state index contributed by atoms with van der Waals surface area (Å²) in [6, 6.07) is 4.75. The second-order valence-corrected chi connectivity index (χ2v) is 5.69. The van der Waals surface area contributed by atoms with Crippen LogP contribution in [0.5, 0.6) is 0 Å². The SMILES string of the molecule is COCC(C)Nc1ncnc(Nc2cccc(Cl)c2Cl)c1[N+](=O)[O-]. The number of ether oxygens (including phenoxy) is 1. The Morgan fingerprint density at radius 3 is 2.71 bits per heavy atom. The first kappa shape index (κ1) is 18.2. The molecule has 1 aromatic carbocycles. The van der Waals surface area contributed by atoms with E-state index in [1.165, 1.54) is 6.33 Å². The molecule has 10 heteroatoms. The minimum Gasteiger partial charge on any atom is -0.383 e. The molecule has 0 bridgehead atoms. The summed E-state index contributed by atoms with van der Waals surface area (Å²) in [5.74, 6) is 0.0893. The Hall–Kier alpha value is -2.16. The van der Waals surface area contributed by atoms with Crippen molar-refractivity contribution in [2.24, 2.45) is 0 Å². The van der Waals surface area contributed by atoms with Crippen molar-refractivity contribution in [1.29, 1.82) is 0 Å². The third kappa shape index (κ3) is 4.22. The van der Waals surface area contributed by atoms with Crippen molar-refractivity contribution in [2.75, 3.05) is 24.4 Å². The Labute approximate surface area is 148 Å². The number of methoxy groups -OCH3 is 1. The Kier molecular flexibility index (Phi) is 6.13. The zero-order valence-corrected chi connectivity index (χ0v) is 14.4. The van der Waals surface area contributed by atoms with Gasteiger partial charge in [0.25, 0.3) is 0 Å². The van der Waals surface area contributed by atoms with E-state index in [2.05, 4.69) is 20.6 Å². The molecule has 2 N–H and O–H groups in total. The van der Waals surface area contributed by atoms with Crippen LogP contribution in [0.4, 0.5) is 23.0 Å². The molecular formula is C14H15Cl2N5O3. The maximum absolute atomic E-state index is 11.5. The Bertz CT molecular complexity index is 744. The normalized spacial score (nSPS) is 11.8. The fraction of sp³-hybridized carbons (Fsp3) is 0.286. The summed E-state index contributed by atoms with van der Waals surface area (Å²) in [6.07, 6.45) is 1.22. The topological polar surface area (TPSA) is 102 Å². The molecule has 1 unspecified atom stereocenters. The van der Waals surface area contributed by atoms with Crippen LogP contribution in [0.3, 0.4) is 0 Å². The van der Waals surface area contributed by atoms with E-state index in [9.17, 15) is 10.1 Å². The quantitative estimate of drug-likeness (QED) is 0.562. The standard InChI is InChI=1S/C14H15Cl2N5O3/c1-8(6-24-2)19-13-12(21(22)23)14(18-7-17-13)20-10-5-3-4-9(15)11(10)16/h3-5,7-8H,6H2,1-2H3,(H2,17,18,19,20). The van der Waals surface area contributed by atoms with Gasteiger partial charge in [-0.3, -0.25) is 10.1 Å². The van der Waals surface area contributed by atoms with E-state index in [4.69, 9.17) is 27.9 Å². The summed E-state index contributed by atoms with van der Waals surface area (Å²) in [7, 11) is 1.54. The van der Waals surface area contributed by atoms with E-state index >= 15 is 0 Å². The van der Waals surface area contributed by atoms with Crippen LogP contribution in [0.25, 0.3) is 0 Å². The minimum absolute atomic E-state index is 0.00582. The van der Waals surface area contributed by atoms with Gasteiger partial charge in [-0.2, -0.15) is 0 Å². The number of halogens is 2. The van der Waals surface area contributed by atoms with Crippen molar-refractivity contribution in [3.05, 3.63) is 44.7 Å². The summed E-state index contributed by atoms with van der Waals surface area (Å²) >= 11 is 12.1. The number of hydrogen-bond acceptors (Lipinski definition) is 7. The molecule has 2 rings (SSSR count). The second-order valence-electron chi connectivity index (χ2n) is 4.90. The molecule has 8 nitrogen and oxygen atoms in total. The molecule has 128 valence electrons. The van der Waals surface area contributed by atoms with E-state index in [1.54, 1.807) is 25.3 Å². The molecule has 1 atom stereocenters. The van der Waals surface area contributed by atoms with Crippen molar-refractivity contribution in [2.45, 2.75) is 13.0 Å². The lowest BCUT2D eigenvalue weighted by molar-refractivity contribution is -0.383. The first-order chi connectivity index (χ1) is 11.4. The summed E-state index contributed by atoms with van der Waals surface area (Å²) < 4.78 is 5.01. The number of aromatic nitrogens is 2. The van der Waals surface area contributed by atoms with Gasteiger partial charge in [-0.25, -0.2) is 9.97 Å². The zero-order chi connectivity index (χ0) is 17.7. The van der Waals surface area contributed by atoms with E-state index < -0.39 is 4.92 Å². The highest BCUT2D eigenvalue weighted by Crippen LogP contribution is 2.35. The van der Waals surface area contributed by atoms with Crippen LogP contribution in [-0.2, 0) is 4.74 Å². The third-order valence-corrected chi connectivity index (χ3v) is 3.83. The molecule has 0 fully saturated rings. The molecule has 0 saturated heterocycles. The number of benzene rings is 1. The molecule has 0 radical (unpaired) electrons. The van der Waals surface area contributed by atoms with Gasteiger partial charge in [0.05, 0.1) is 27.3 Å². The van der Waals surface area contributed by atoms with Gasteiger partial charge < -0.3 is 15.4 Å². The fourth-order valence-corrected chi connectivity index (χ4v) is 2.35. The van der Waals surface area contributed by atoms with Crippen LogP contribution in [0.1, 0.15) is 6.92 Å². The second kappa shape index (κ2) is 8.09. The molecule has 0 aliphatic heterocycles. The van der Waals surface area contributed by atoms with Crippen molar-refractivity contribution in [3.63, 3.8) is 0 Å². The van der Waals surface area contributed by atoms with Gasteiger partial charge in [0, 0.05) is 13.2 Å². The first-order valence-corrected chi connectivity index (χ1v) is 7.65. The van der Waals surface area contributed by atoms with Gasteiger partial charge in [0.2, 0.25) is 11.6 Å². The van der Waals surface area contributed by atoms with Crippen molar-refractivity contribution in [1.82, 2.24) is 9.97 Å². The van der Waals surface area contributed by atoms with Crippen molar-refractivity contribution < 1.29 is 9.66 Å². The maximum Gasteiger partial charge on any atom is 0.353 e. The first-order valence-electron chi connectivity index (χ1n) is 6.90. The predicted octanol–water partition coefficient (Wildman–Crippen LogP) is 3.88. The number of rotatable bonds is 7. The molecular weight excluding hydrogens is 357 g/mol. The number of hydrogen-bond donors (Lipinski definition) is 2. The van der Waals surface area contributed by atoms with Crippen LogP contribution in [-0.4, -0.2) is 34.6 Å². The smallest absolute Gasteiger partial charge is 0.353 e. The Balaban J connectivity index is 2.39. The Morgan fingerprint density at radius 1 is 1.33 bits per heavy atom. The van der Waals surface area contributed by atoms with Crippen LogP contribution in [0.15, 0.2) is 24.5 Å². The van der Waals surface area contributed by atoms with Crippen molar-refractivity contribution >= 4 is 46.2 Å². The zero-order valence-electron chi connectivity index (χ0n) is 12.9. The van der Waals surface area contributed by atoms with Gasteiger partial charge in [0.1, 0.15) is 6.33 Å². The van der Waals surface area contributed by atoms with E-state index in [0.29, 0.717) is 17.3 Å². The lowest BCUT2D eigenvalue weighted by Crippen LogP contribution is -2.22. The number of nitrogens with one attached hydrogen (secondary N) is 2. The van der Waals surface area contributed by atoms with Crippen LogP contribution < -0.4 is 10.6 Å². The maximum atomic E-state index is 11.5. The predicted molar refractivity (Wildman–Crippen MR) is 93.4 cm³/mol. The molecule has 2 aromatic rings. The fourth-order valence-electron chi connectivity index (χ4n) is 2.00. The third-order valence-electron chi connectivity index (χ3n) is 3.01. The average Bonchev–Trinajstić information content (AvgIpc) is 2.52. The molecule has 1 aromatic heterocycles. The Morgan fingerprint density at radius 2 is 2.04 bits per heavy atom. The number of nitro groups is 1. The van der Waals surface area contributed by atoms with E-state index in [1.807, 2.05) is 6.92 Å². The number of anilines is 3.